The zero-order valence-electron chi connectivity index (χ0n) is 13.0. The van der Waals surface area contributed by atoms with Crippen LogP contribution in [0.3, 0.4) is 0 Å². The highest BCUT2D eigenvalue weighted by molar-refractivity contribution is 5.81. The van der Waals surface area contributed by atoms with Gasteiger partial charge < -0.3 is 9.84 Å². The molecule has 0 spiro atoms. The van der Waals surface area contributed by atoms with E-state index >= 15 is 0 Å². The molecule has 0 radical (unpaired) electrons. The highest BCUT2D eigenvalue weighted by Crippen LogP contribution is 2.31. The van der Waals surface area contributed by atoms with Crippen molar-refractivity contribution in [3.8, 4) is 0 Å². The average molecular weight is 312 g/mol. The van der Waals surface area contributed by atoms with Crippen LogP contribution in [0.5, 0.6) is 0 Å². The smallest absolute Gasteiger partial charge is 0.313 e. The average Bonchev–Trinajstić information content (AvgIpc) is 2.57. The molecular weight excluding hydrogens is 292 g/mol. The van der Waals surface area contributed by atoms with Gasteiger partial charge in [0.05, 0.1) is 18.4 Å². The lowest BCUT2D eigenvalue weighted by molar-refractivity contribution is -0.146. The summed E-state index contributed by atoms with van der Waals surface area (Å²) in [4.78, 5) is 24.0. The van der Waals surface area contributed by atoms with E-state index in [0.29, 0.717) is 5.56 Å². The molecule has 0 heterocycles. The summed E-state index contributed by atoms with van der Waals surface area (Å²) in [5.41, 5.74) is 1.46. The van der Waals surface area contributed by atoms with Gasteiger partial charge in [0.25, 0.3) is 0 Å². The first-order chi connectivity index (χ1) is 11.1. The fraction of sp³-hybridized carbons (Fsp3) is 0.263. The van der Waals surface area contributed by atoms with Crippen molar-refractivity contribution in [1.29, 1.82) is 0 Å². The van der Waals surface area contributed by atoms with Gasteiger partial charge in [-0.15, -0.1) is 0 Å². The Morgan fingerprint density at radius 2 is 1.39 bits per heavy atom. The van der Waals surface area contributed by atoms with Crippen LogP contribution in [0.1, 0.15) is 36.3 Å². The van der Waals surface area contributed by atoms with Crippen molar-refractivity contribution in [3.63, 3.8) is 0 Å². The standard InChI is InChI=1S/C19H20O4/c1-2-23-19(22)17(15-11-7-4-8-12-15)13-16(18(20)21)14-9-5-3-6-10-14/h3-12,16-17H,2,13H2,1H3,(H,20,21). The number of carbonyl (C=O) groups is 2. The van der Waals surface area contributed by atoms with E-state index < -0.39 is 17.8 Å². The van der Waals surface area contributed by atoms with E-state index in [4.69, 9.17) is 4.74 Å². The van der Waals surface area contributed by atoms with Crippen molar-refractivity contribution in [2.75, 3.05) is 6.61 Å². The molecule has 0 bridgehead atoms. The summed E-state index contributed by atoms with van der Waals surface area (Å²) >= 11 is 0. The van der Waals surface area contributed by atoms with Crippen molar-refractivity contribution in [1.82, 2.24) is 0 Å². The van der Waals surface area contributed by atoms with Gasteiger partial charge in [0.1, 0.15) is 0 Å². The second-order valence-electron chi connectivity index (χ2n) is 5.25. The van der Waals surface area contributed by atoms with Crippen LogP contribution < -0.4 is 0 Å². The number of esters is 1. The lowest BCUT2D eigenvalue weighted by Gasteiger charge is -2.20. The molecule has 2 aromatic carbocycles. The van der Waals surface area contributed by atoms with Crippen LogP contribution in [0.25, 0.3) is 0 Å². The van der Waals surface area contributed by atoms with Crippen molar-refractivity contribution in [3.05, 3.63) is 71.8 Å². The van der Waals surface area contributed by atoms with Crippen LogP contribution >= 0.6 is 0 Å². The van der Waals surface area contributed by atoms with Gasteiger partial charge in [0, 0.05) is 0 Å². The predicted molar refractivity (Wildman–Crippen MR) is 87.3 cm³/mol. The van der Waals surface area contributed by atoms with Crippen molar-refractivity contribution in [2.24, 2.45) is 0 Å². The summed E-state index contributed by atoms with van der Waals surface area (Å²) in [5, 5.41) is 9.58. The van der Waals surface area contributed by atoms with Gasteiger partial charge in [-0.2, -0.15) is 0 Å². The number of hydrogen-bond donors (Lipinski definition) is 1. The van der Waals surface area contributed by atoms with Gasteiger partial charge in [-0.05, 0) is 24.5 Å². The Morgan fingerprint density at radius 3 is 1.83 bits per heavy atom. The molecule has 0 aliphatic rings. The fourth-order valence-corrected chi connectivity index (χ4v) is 2.60. The molecule has 0 aliphatic carbocycles. The molecule has 120 valence electrons. The summed E-state index contributed by atoms with van der Waals surface area (Å²) < 4.78 is 5.14. The number of carboxylic acid groups (broad SMARTS) is 1. The zero-order chi connectivity index (χ0) is 16.7. The molecule has 2 rings (SSSR count). The summed E-state index contributed by atoms with van der Waals surface area (Å²) in [7, 11) is 0. The van der Waals surface area contributed by atoms with Gasteiger partial charge in [-0.25, -0.2) is 0 Å². The Kier molecular flexibility index (Phi) is 5.92. The minimum absolute atomic E-state index is 0.169. The second-order valence-corrected chi connectivity index (χ2v) is 5.25. The highest BCUT2D eigenvalue weighted by atomic mass is 16.5. The van der Waals surface area contributed by atoms with Gasteiger partial charge in [-0.1, -0.05) is 60.7 Å². The number of benzene rings is 2. The SMILES string of the molecule is CCOC(=O)C(CC(C(=O)O)c1ccccc1)c1ccccc1. The number of carboxylic acids is 1. The third kappa shape index (κ3) is 4.42. The third-order valence-electron chi connectivity index (χ3n) is 3.74. The van der Waals surface area contributed by atoms with Gasteiger partial charge in [0.15, 0.2) is 0 Å². The van der Waals surface area contributed by atoms with E-state index in [1.54, 1.807) is 31.2 Å². The Balaban J connectivity index is 2.31. The fourth-order valence-electron chi connectivity index (χ4n) is 2.60. The minimum atomic E-state index is -0.943. The maximum Gasteiger partial charge on any atom is 0.313 e. The van der Waals surface area contributed by atoms with Crippen LogP contribution in [-0.4, -0.2) is 23.7 Å². The van der Waals surface area contributed by atoms with E-state index in [1.165, 1.54) is 0 Å². The molecule has 4 heteroatoms. The number of carbonyl (C=O) groups excluding carboxylic acids is 1. The molecule has 23 heavy (non-hydrogen) atoms. The van der Waals surface area contributed by atoms with Gasteiger partial charge in [0.2, 0.25) is 0 Å². The monoisotopic (exact) mass is 312 g/mol. The molecule has 2 atom stereocenters. The Morgan fingerprint density at radius 1 is 0.913 bits per heavy atom. The summed E-state index contributed by atoms with van der Waals surface area (Å²) in [6, 6.07) is 18.1. The molecule has 0 fully saturated rings. The predicted octanol–water partition coefficient (Wildman–Crippen LogP) is 3.59. The number of hydrogen-bond acceptors (Lipinski definition) is 3. The summed E-state index contributed by atoms with van der Waals surface area (Å²) in [6.07, 6.45) is 0.169. The van der Waals surface area contributed by atoms with Crippen molar-refractivity contribution >= 4 is 11.9 Å². The van der Waals surface area contributed by atoms with E-state index in [9.17, 15) is 14.7 Å². The third-order valence-corrected chi connectivity index (χ3v) is 3.74. The van der Waals surface area contributed by atoms with Crippen molar-refractivity contribution in [2.45, 2.75) is 25.2 Å². The Hall–Kier alpha value is -2.62. The molecule has 2 aromatic rings. The zero-order valence-corrected chi connectivity index (χ0v) is 13.0. The quantitative estimate of drug-likeness (QED) is 0.794. The van der Waals surface area contributed by atoms with E-state index in [-0.39, 0.29) is 19.0 Å². The first kappa shape index (κ1) is 16.7. The Bertz CT molecular complexity index is 637. The lowest BCUT2D eigenvalue weighted by Crippen LogP contribution is -2.22. The molecular formula is C19H20O4. The normalized spacial score (nSPS) is 13.1. The van der Waals surface area contributed by atoms with E-state index in [1.807, 2.05) is 36.4 Å². The van der Waals surface area contributed by atoms with Crippen LogP contribution in [-0.2, 0) is 14.3 Å². The highest BCUT2D eigenvalue weighted by Gasteiger charge is 2.30. The molecule has 0 aliphatic heterocycles. The number of rotatable bonds is 7. The topological polar surface area (TPSA) is 63.6 Å². The number of aliphatic carboxylic acids is 1. The lowest BCUT2D eigenvalue weighted by atomic mass is 9.85. The van der Waals surface area contributed by atoms with Crippen LogP contribution in [0.4, 0.5) is 0 Å². The second kappa shape index (κ2) is 8.13. The minimum Gasteiger partial charge on any atom is -0.481 e. The molecule has 4 nitrogen and oxygen atoms in total. The molecule has 0 saturated carbocycles. The van der Waals surface area contributed by atoms with Gasteiger partial charge >= 0.3 is 11.9 Å². The van der Waals surface area contributed by atoms with Crippen LogP contribution in [0.2, 0.25) is 0 Å². The first-order valence-corrected chi connectivity index (χ1v) is 7.62. The molecule has 0 amide bonds. The first-order valence-electron chi connectivity index (χ1n) is 7.62. The number of ether oxygens (including phenoxy) is 1. The van der Waals surface area contributed by atoms with E-state index in [2.05, 4.69) is 0 Å². The Labute approximate surface area is 135 Å². The molecule has 2 unspecified atom stereocenters. The summed E-state index contributed by atoms with van der Waals surface area (Å²) in [6.45, 7) is 2.01. The molecule has 1 N–H and O–H groups in total. The van der Waals surface area contributed by atoms with Crippen LogP contribution in [0, 0.1) is 0 Å². The van der Waals surface area contributed by atoms with E-state index in [0.717, 1.165) is 5.56 Å². The molecule has 0 saturated heterocycles. The summed E-state index contributed by atoms with van der Waals surface area (Å²) in [5.74, 6) is -2.69. The largest absolute Gasteiger partial charge is 0.481 e. The maximum atomic E-state index is 12.3. The van der Waals surface area contributed by atoms with Crippen LogP contribution in [0.15, 0.2) is 60.7 Å². The van der Waals surface area contributed by atoms with Crippen molar-refractivity contribution < 1.29 is 19.4 Å². The molecule has 0 aromatic heterocycles. The maximum absolute atomic E-state index is 12.3. The van der Waals surface area contributed by atoms with Gasteiger partial charge in [-0.3, -0.25) is 9.59 Å².